The van der Waals surface area contributed by atoms with Crippen molar-refractivity contribution in [2.75, 3.05) is 0 Å². The first-order valence-corrected chi connectivity index (χ1v) is 2.73. The van der Waals surface area contributed by atoms with Crippen LogP contribution in [-0.4, -0.2) is 5.71 Å². The third-order valence-electron chi connectivity index (χ3n) is 1.35. The topological polar surface area (TPSA) is 23.9 Å². The molecule has 0 aliphatic rings. The molecule has 0 aromatic carbocycles. The summed E-state index contributed by atoms with van der Waals surface area (Å²) in [6.07, 6.45) is 1.09. The summed E-state index contributed by atoms with van der Waals surface area (Å²) in [4.78, 5) is 0. The van der Waals surface area contributed by atoms with E-state index in [0.29, 0.717) is 5.92 Å². The molecular formula is C6H13N. The second-order valence-electron chi connectivity index (χ2n) is 1.99. The summed E-state index contributed by atoms with van der Waals surface area (Å²) in [5.74, 6) is 0.486. The van der Waals surface area contributed by atoms with Gasteiger partial charge in [0.1, 0.15) is 0 Å². The second kappa shape index (κ2) is 2.78. The Labute approximate surface area is 45.2 Å². The van der Waals surface area contributed by atoms with E-state index in [4.69, 9.17) is 5.41 Å². The van der Waals surface area contributed by atoms with Crippen molar-refractivity contribution in [3.05, 3.63) is 0 Å². The summed E-state index contributed by atoms with van der Waals surface area (Å²) in [6.45, 7) is 6.03. The van der Waals surface area contributed by atoms with Crippen LogP contribution in [0.3, 0.4) is 0 Å². The number of hydrogen-bond acceptors (Lipinski definition) is 1. The molecule has 1 nitrogen and oxygen atoms in total. The van der Waals surface area contributed by atoms with E-state index in [1.165, 1.54) is 0 Å². The highest BCUT2D eigenvalue weighted by atomic mass is 14.4. The van der Waals surface area contributed by atoms with Crippen LogP contribution in [-0.2, 0) is 0 Å². The summed E-state index contributed by atoms with van der Waals surface area (Å²) in [5.41, 5.74) is 0.794. The zero-order valence-corrected chi connectivity index (χ0v) is 5.28. The van der Waals surface area contributed by atoms with Gasteiger partial charge in [-0.2, -0.15) is 0 Å². The zero-order valence-electron chi connectivity index (χ0n) is 5.28. The molecule has 0 unspecified atom stereocenters. The van der Waals surface area contributed by atoms with E-state index in [1.807, 2.05) is 6.92 Å². The fourth-order valence-corrected chi connectivity index (χ4v) is 0.306. The quantitative estimate of drug-likeness (QED) is 0.512. The van der Waals surface area contributed by atoms with Gasteiger partial charge in [0.15, 0.2) is 0 Å². The van der Waals surface area contributed by atoms with Crippen molar-refractivity contribution in [2.24, 2.45) is 5.92 Å². The predicted molar refractivity (Wildman–Crippen MR) is 32.9 cm³/mol. The molecule has 0 saturated heterocycles. The van der Waals surface area contributed by atoms with Gasteiger partial charge < -0.3 is 5.41 Å². The number of nitrogens with one attached hydrogen (secondary N) is 1. The van der Waals surface area contributed by atoms with Gasteiger partial charge in [-0.05, 0) is 19.3 Å². The summed E-state index contributed by atoms with van der Waals surface area (Å²) in [6, 6.07) is 0. The Morgan fingerprint density at radius 3 is 2.14 bits per heavy atom. The van der Waals surface area contributed by atoms with E-state index >= 15 is 0 Å². The molecule has 0 radical (unpaired) electrons. The SMILES string of the molecule is CC[C@@H](C)C(C)=N. The standard InChI is InChI=1S/C6H13N/c1-4-5(2)6(3)7/h5,7H,4H2,1-3H3/t5-/m1/s1. The minimum Gasteiger partial charge on any atom is -0.310 e. The highest BCUT2D eigenvalue weighted by Crippen LogP contribution is 1.99. The highest BCUT2D eigenvalue weighted by molar-refractivity contribution is 5.80. The van der Waals surface area contributed by atoms with Gasteiger partial charge in [-0.3, -0.25) is 0 Å². The van der Waals surface area contributed by atoms with Gasteiger partial charge in [0.05, 0.1) is 0 Å². The van der Waals surface area contributed by atoms with Crippen LogP contribution in [0.2, 0.25) is 0 Å². The molecular weight excluding hydrogens is 86.1 g/mol. The van der Waals surface area contributed by atoms with Crippen LogP contribution in [0.1, 0.15) is 27.2 Å². The van der Waals surface area contributed by atoms with Gasteiger partial charge in [-0.25, -0.2) is 0 Å². The Hall–Kier alpha value is -0.330. The van der Waals surface area contributed by atoms with E-state index in [9.17, 15) is 0 Å². The van der Waals surface area contributed by atoms with Crippen LogP contribution in [0.5, 0.6) is 0 Å². The number of rotatable bonds is 2. The third-order valence-corrected chi connectivity index (χ3v) is 1.35. The minimum absolute atomic E-state index is 0.486. The van der Waals surface area contributed by atoms with E-state index in [2.05, 4.69) is 13.8 Å². The van der Waals surface area contributed by atoms with Gasteiger partial charge >= 0.3 is 0 Å². The van der Waals surface area contributed by atoms with Crippen molar-refractivity contribution in [2.45, 2.75) is 27.2 Å². The Kier molecular flexibility index (Phi) is 2.65. The molecule has 0 aliphatic heterocycles. The zero-order chi connectivity index (χ0) is 5.86. The Morgan fingerprint density at radius 1 is 1.71 bits per heavy atom. The first-order chi connectivity index (χ1) is 3.18. The van der Waals surface area contributed by atoms with Crippen molar-refractivity contribution < 1.29 is 0 Å². The second-order valence-corrected chi connectivity index (χ2v) is 1.99. The van der Waals surface area contributed by atoms with Crippen molar-refractivity contribution in [3.8, 4) is 0 Å². The van der Waals surface area contributed by atoms with E-state index in [0.717, 1.165) is 12.1 Å². The smallest absolute Gasteiger partial charge is 0.00862 e. The molecule has 0 heterocycles. The Bertz CT molecular complexity index is 66.6. The van der Waals surface area contributed by atoms with E-state index < -0.39 is 0 Å². The third kappa shape index (κ3) is 2.38. The summed E-state index contributed by atoms with van der Waals surface area (Å²) in [7, 11) is 0. The fraction of sp³-hybridized carbons (Fsp3) is 0.833. The monoisotopic (exact) mass is 99.1 g/mol. The molecule has 1 heteroatoms. The average Bonchev–Trinajstić information content (AvgIpc) is 1.65. The van der Waals surface area contributed by atoms with Gasteiger partial charge in [0, 0.05) is 5.71 Å². The Morgan fingerprint density at radius 2 is 2.14 bits per heavy atom. The normalized spacial score (nSPS) is 13.6. The molecule has 0 spiro atoms. The maximum Gasteiger partial charge on any atom is 0.00862 e. The lowest BCUT2D eigenvalue weighted by molar-refractivity contribution is 0.732. The molecule has 0 saturated carbocycles. The molecule has 7 heavy (non-hydrogen) atoms. The lowest BCUT2D eigenvalue weighted by Gasteiger charge is -2.02. The molecule has 0 aliphatic carbocycles. The maximum atomic E-state index is 7.10. The first kappa shape index (κ1) is 6.67. The van der Waals surface area contributed by atoms with Crippen molar-refractivity contribution in [3.63, 3.8) is 0 Å². The maximum absolute atomic E-state index is 7.10. The highest BCUT2D eigenvalue weighted by Gasteiger charge is 1.96. The van der Waals surface area contributed by atoms with Crippen molar-refractivity contribution in [1.82, 2.24) is 0 Å². The number of hydrogen-bond donors (Lipinski definition) is 1. The molecule has 0 aromatic heterocycles. The molecule has 0 rings (SSSR count). The van der Waals surface area contributed by atoms with Crippen LogP contribution in [0.15, 0.2) is 0 Å². The molecule has 0 bridgehead atoms. The largest absolute Gasteiger partial charge is 0.310 e. The van der Waals surface area contributed by atoms with Crippen molar-refractivity contribution >= 4 is 5.71 Å². The molecule has 1 N–H and O–H groups in total. The summed E-state index contributed by atoms with van der Waals surface area (Å²) >= 11 is 0. The molecule has 0 aromatic rings. The molecule has 1 atom stereocenters. The fourth-order valence-electron chi connectivity index (χ4n) is 0.306. The Balaban J connectivity index is 3.34. The minimum atomic E-state index is 0.486. The van der Waals surface area contributed by atoms with Gasteiger partial charge in [0.2, 0.25) is 0 Å². The van der Waals surface area contributed by atoms with Crippen molar-refractivity contribution in [1.29, 1.82) is 5.41 Å². The average molecular weight is 99.2 g/mol. The van der Waals surface area contributed by atoms with Crippen LogP contribution < -0.4 is 0 Å². The lowest BCUT2D eigenvalue weighted by atomic mass is 10.1. The van der Waals surface area contributed by atoms with Crippen LogP contribution >= 0.6 is 0 Å². The van der Waals surface area contributed by atoms with Crippen LogP contribution in [0.25, 0.3) is 0 Å². The molecule has 0 amide bonds. The lowest BCUT2D eigenvalue weighted by Crippen LogP contribution is -2.02. The van der Waals surface area contributed by atoms with E-state index in [-0.39, 0.29) is 0 Å². The molecule has 42 valence electrons. The van der Waals surface area contributed by atoms with Gasteiger partial charge in [-0.1, -0.05) is 13.8 Å². The summed E-state index contributed by atoms with van der Waals surface area (Å²) in [5, 5.41) is 7.10. The molecule has 0 fully saturated rings. The van der Waals surface area contributed by atoms with E-state index in [1.54, 1.807) is 0 Å². The van der Waals surface area contributed by atoms with Gasteiger partial charge in [-0.15, -0.1) is 0 Å². The van der Waals surface area contributed by atoms with Gasteiger partial charge in [0.25, 0.3) is 0 Å². The first-order valence-electron chi connectivity index (χ1n) is 2.73. The van der Waals surface area contributed by atoms with Crippen LogP contribution in [0, 0.1) is 11.3 Å². The van der Waals surface area contributed by atoms with Crippen LogP contribution in [0.4, 0.5) is 0 Å². The summed E-state index contributed by atoms with van der Waals surface area (Å²) < 4.78 is 0. The predicted octanol–water partition coefficient (Wildman–Crippen LogP) is 2.07.